The summed E-state index contributed by atoms with van der Waals surface area (Å²) in [6.07, 6.45) is 5.80. The number of nitrogens with one attached hydrogen (secondary N) is 1. The first kappa shape index (κ1) is 11.7. The molecule has 1 aliphatic rings. The summed E-state index contributed by atoms with van der Waals surface area (Å²) in [6.45, 7) is 11.4. The van der Waals surface area contributed by atoms with Crippen molar-refractivity contribution in [1.82, 2.24) is 10.2 Å². The first-order chi connectivity index (χ1) is 6.75. The van der Waals surface area contributed by atoms with E-state index in [0.29, 0.717) is 6.04 Å². The van der Waals surface area contributed by atoms with Gasteiger partial charge < -0.3 is 5.32 Å². The second-order valence-electron chi connectivity index (χ2n) is 4.28. The van der Waals surface area contributed by atoms with Gasteiger partial charge >= 0.3 is 0 Å². The van der Waals surface area contributed by atoms with E-state index >= 15 is 0 Å². The van der Waals surface area contributed by atoms with Crippen LogP contribution in [0.15, 0.2) is 12.2 Å². The van der Waals surface area contributed by atoms with E-state index in [2.05, 4.69) is 43.1 Å². The van der Waals surface area contributed by atoms with E-state index in [1.807, 2.05) is 0 Å². The predicted octanol–water partition coefficient (Wildman–Crippen LogP) is 1.88. The van der Waals surface area contributed by atoms with Crippen molar-refractivity contribution in [2.75, 3.05) is 26.2 Å². The molecule has 0 aromatic carbocycles. The average molecular weight is 196 g/mol. The fraction of sp³-hybridized carbons (Fsp3) is 0.833. The first-order valence-electron chi connectivity index (χ1n) is 5.85. The molecule has 1 rings (SSSR count). The molecule has 0 bridgehead atoms. The molecule has 2 nitrogen and oxygen atoms in total. The van der Waals surface area contributed by atoms with Crippen LogP contribution in [0.2, 0.25) is 0 Å². The van der Waals surface area contributed by atoms with E-state index < -0.39 is 0 Å². The predicted molar refractivity (Wildman–Crippen MR) is 62.5 cm³/mol. The van der Waals surface area contributed by atoms with Gasteiger partial charge in [-0.05, 0) is 32.4 Å². The molecule has 0 saturated heterocycles. The van der Waals surface area contributed by atoms with Gasteiger partial charge in [-0.25, -0.2) is 0 Å². The summed E-state index contributed by atoms with van der Waals surface area (Å²) < 4.78 is 0. The summed E-state index contributed by atoms with van der Waals surface area (Å²) in [6, 6.07) is 0.694. The molecule has 0 radical (unpaired) electrons. The van der Waals surface area contributed by atoms with Crippen molar-refractivity contribution in [2.24, 2.45) is 5.92 Å². The normalized spacial score (nSPS) is 22.2. The zero-order valence-corrected chi connectivity index (χ0v) is 9.79. The van der Waals surface area contributed by atoms with Crippen LogP contribution in [0.25, 0.3) is 0 Å². The van der Waals surface area contributed by atoms with Gasteiger partial charge in [-0.15, -0.1) is 0 Å². The first-order valence-corrected chi connectivity index (χ1v) is 5.85. The Bertz CT molecular complexity index is 177. The van der Waals surface area contributed by atoms with Crippen molar-refractivity contribution in [3.05, 3.63) is 12.2 Å². The smallest absolute Gasteiger partial charge is 0.0166 e. The molecular formula is C12H24N2. The van der Waals surface area contributed by atoms with Gasteiger partial charge in [0.15, 0.2) is 0 Å². The number of hydrogen-bond donors (Lipinski definition) is 1. The molecule has 0 saturated carbocycles. The van der Waals surface area contributed by atoms with Crippen LogP contribution < -0.4 is 5.32 Å². The van der Waals surface area contributed by atoms with Gasteiger partial charge in [-0.1, -0.05) is 26.0 Å². The number of rotatable bonds is 5. The van der Waals surface area contributed by atoms with Crippen molar-refractivity contribution >= 4 is 0 Å². The maximum absolute atomic E-state index is 3.42. The highest BCUT2D eigenvalue weighted by Gasteiger charge is 2.19. The third-order valence-electron chi connectivity index (χ3n) is 3.21. The second-order valence-corrected chi connectivity index (χ2v) is 4.28. The van der Waals surface area contributed by atoms with E-state index in [-0.39, 0.29) is 0 Å². The summed E-state index contributed by atoms with van der Waals surface area (Å²) in [5, 5.41) is 3.42. The molecule has 14 heavy (non-hydrogen) atoms. The lowest BCUT2D eigenvalue weighted by Gasteiger charge is -2.33. The van der Waals surface area contributed by atoms with Gasteiger partial charge in [0.05, 0.1) is 0 Å². The van der Waals surface area contributed by atoms with Gasteiger partial charge in [0.25, 0.3) is 0 Å². The molecule has 0 aliphatic carbocycles. The van der Waals surface area contributed by atoms with Crippen LogP contribution in [-0.2, 0) is 0 Å². The summed E-state index contributed by atoms with van der Waals surface area (Å²) in [7, 11) is 0. The standard InChI is InChI=1S/C12H24N2/c1-4-13-10-11(2)12(3)14-8-6-5-7-9-14/h5-6,11-13H,4,7-10H2,1-3H3. The van der Waals surface area contributed by atoms with E-state index in [9.17, 15) is 0 Å². The highest BCUT2D eigenvalue weighted by molar-refractivity contribution is 4.93. The minimum atomic E-state index is 0.694. The fourth-order valence-electron chi connectivity index (χ4n) is 1.93. The van der Waals surface area contributed by atoms with E-state index in [4.69, 9.17) is 0 Å². The molecule has 0 spiro atoms. The Kier molecular flexibility index (Phi) is 5.20. The summed E-state index contributed by atoms with van der Waals surface area (Å²) in [4.78, 5) is 2.57. The van der Waals surface area contributed by atoms with E-state index in [1.54, 1.807) is 0 Å². The Labute approximate surface area is 88.4 Å². The molecule has 2 heteroatoms. The minimum Gasteiger partial charge on any atom is -0.317 e. The van der Waals surface area contributed by atoms with Gasteiger partial charge in [0.2, 0.25) is 0 Å². The van der Waals surface area contributed by atoms with Gasteiger partial charge in [-0.2, -0.15) is 0 Å². The molecule has 0 amide bonds. The van der Waals surface area contributed by atoms with Crippen molar-refractivity contribution in [2.45, 2.75) is 33.2 Å². The maximum atomic E-state index is 3.42. The minimum absolute atomic E-state index is 0.694. The fourth-order valence-corrected chi connectivity index (χ4v) is 1.93. The summed E-state index contributed by atoms with van der Waals surface area (Å²) in [5.74, 6) is 0.737. The Morgan fingerprint density at radius 3 is 2.71 bits per heavy atom. The monoisotopic (exact) mass is 196 g/mol. The van der Waals surface area contributed by atoms with Gasteiger partial charge in [0, 0.05) is 19.1 Å². The van der Waals surface area contributed by atoms with Crippen molar-refractivity contribution in [3.63, 3.8) is 0 Å². The molecule has 0 fully saturated rings. The molecule has 0 aromatic rings. The zero-order chi connectivity index (χ0) is 10.4. The summed E-state index contributed by atoms with van der Waals surface area (Å²) >= 11 is 0. The quantitative estimate of drug-likeness (QED) is 0.675. The van der Waals surface area contributed by atoms with E-state index in [1.165, 1.54) is 13.0 Å². The average Bonchev–Trinajstić information content (AvgIpc) is 2.26. The van der Waals surface area contributed by atoms with Gasteiger partial charge in [-0.3, -0.25) is 4.90 Å². The van der Waals surface area contributed by atoms with Crippen LogP contribution in [0.5, 0.6) is 0 Å². The third-order valence-corrected chi connectivity index (χ3v) is 3.21. The number of hydrogen-bond acceptors (Lipinski definition) is 2. The largest absolute Gasteiger partial charge is 0.317 e. The van der Waals surface area contributed by atoms with Crippen LogP contribution in [0, 0.1) is 5.92 Å². The molecular weight excluding hydrogens is 172 g/mol. The van der Waals surface area contributed by atoms with Gasteiger partial charge in [0.1, 0.15) is 0 Å². The maximum Gasteiger partial charge on any atom is 0.0166 e. The number of nitrogens with zero attached hydrogens (tertiary/aromatic N) is 1. The van der Waals surface area contributed by atoms with Crippen LogP contribution in [-0.4, -0.2) is 37.1 Å². The zero-order valence-electron chi connectivity index (χ0n) is 9.79. The van der Waals surface area contributed by atoms with Crippen LogP contribution in [0.4, 0.5) is 0 Å². The second kappa shape index (κ2) is 6.20. The Morgan fingerprint density at radius 1 is 1.36 bits per heavy atom. The van der Waals surface area contributed by atoms with Crippen molar-refractivity contribution < 1.29 is 0 Å². The molecule has 1 aliphatic heterocycles. The molecule has 82 valence electrons. The lowest BCUT2D eigenvalue weighted by Crippen LogP contribution is -2.42. The Balaban J connectivity index is 2.31. The van der Waals surface area contributed by atoms with E-state index in [0.717, 1.165) is 25.6 Å². The van der Waals surface area contributed by atoms with Crippen LogP contribution in [0.1, 0.15) is 27.2 Å². The van der Waals surface area contributed by atoms with Crippen molar-refractivity contribution in [3.8, 4) is 0 Å². The molecule has 2 atom stereocenters. The molecule has 0 aromatic heterocycles. The van der Waals surface area contributed by atoms with Crippen LogP contribution in [0.3, 0.4) is 0 Å². The molecule has 1 heterocycles. The SMILES string of the molecule is CCNCC(C)C(C)N1CC=CCC1. The van der Waals surface area contributed by atoms with Crippen molar-refractivity contribution in [1.29, 1.82) is 0 Å². The van der Waals surface area contributed by atoms with Crippen LogP contribution >= 0.6 is 0 Å². The lowest BCUT2D eigenvalue weighted by atomic mass is 10.0. The Morgan fingerprint density at radius 2 is 2.14 bits per heavy atom. The molecule has 2 unspecified atom stereocenters. The molecule has 1 N–H and O–H groups in total. The highest BCUT2D eigenvalue weighted by atomic mass is 15.2. The topological polar surface area (TPSA) is 15.3 Å². The lowest BCUT2D eigenvalue weighted by molar-refractivity contribution is 0.174. The summed E-state index contributed by atoms with van der Waals surface area (Å²) in [5.41, 5.74) is 0. The Hall–Kier alpha value is -0.340. The highest BCUT2D eigenvalue weighted by Crippen LogP contribution is 2.13. The third kappa shape index (κ3) is 3.43.